The third-order valence-corrected chi connectivity index (χ3v) is 6.29. The van der Waals surface area contributed by atoms with E-state index in [0.29, 0.717) is 51.0 Å². The van der Waals surface area contributed by atoms with Gasteiger partial charge in [0.2, 0.25) is 0 Å². The summed E-state index contributed by atoms with van der Waals surface area (Å²) in [5.74, 6) is 1.14. The molecule has 8 nitrogen and oxygen atoms in total. The van der Waals surface area contributed by atoms with Crippen molar-refractivity contribution >= 4 is 33.0 Å². The Labute approximate surface area is 188 Å². The molecule has 0 spiro atoms. The summed E-state index contributed by atoms with van der Waals surface area (Å²) in [6.45, 7) is 7.14. The zero-order valence-corrected chi connectivity index (χ0v) is 19.4. The average molecular weight is 471 g/mol. The first-order valence-electron chi connectivity index (χ1n) is 10.0. The predicted octanol–water partition coefficient (Wildman–Crippen LogP) is 3.78. The van der Waals surface area contributed by atoms with Crippen LogP contribution in [-0.4, -0.2) is 55.0 Å². The number of benzene rings is 2. The van der Waals surface area contributed by atoms with E-state index in [4.69, 9.17) is 30.5 Å². The molecule has 0 aromatic heterocycles. The normalized spacial score (nSPS) is 14.3. The number of hydrogen-bond donors (Lipinski definition) is 1. The molecular weight excluding hydrogens is 444 g/mol. The third-order valence-electron chi connectivity index (χ3n) is 4.67. The van der Waals surface area contributed by atoms with E-state index in [9.17, 15) is 8.42 Å². The molecule has 31 heavy (non-hydrogen) atoms. The van der Waals surface area contributed by atoms with Crippen LogP contribution < -0.4 is 23.8 Å². The SMILES string of the molecule is CCOc1cc(N2CCOCC2)c(OCC)cc1NS(=O)(=O)c1cc(Cl)ccc1OC. The van der Waals surface area contributed by atoms with E-state index in [1.807, 2.05) is 13.8 Å². The fourth-order valence-corrected chi connectivity index (χ4v) is 4.78. The minimum atomic E-state index is -4.02. The topological polar surface area (TPSA) is 86.3 Å². The van der Waals surface area contributed by atoms with Gasteiger partial charge < -0.3 is 23.8 Å². The van der Waals surface area contributed by atoms with E-state index in [0.717, 1.165) is 5.69 Å². The van der Waals surface area contributed by atoms with E-state index in [1.165, 1.54) is 19.2 Å². The Morgan fingerprint density at radius 3 is 2.35 bits per heavy atom. The summed E-state index contributed by atoms with van der Waals surface area (Å²) >= 11 is 6.03. The number of nitrogens with zero attached hydrogens (tertiary/aromatic N) is 1. The first kappa shape index (κ1) is 23.3. The Kier molecular flexibility index (Phi) is 7.74. The van der Waals surface area contributed by atoms with Crippen molar-refractivity contribution in [3.8, 4) is 17.2 Å². The van der Waals surface area contributed by atoms with Gasteiger partial charge in [-0.05, 0) is 32.0 Å². The fraction of sp³-hybridized carbons (Fsp3) is 0.429. The fourth-order valence-electron chi connectivity index (χ4n) is 3.29. The minimum absolute atomic E-state index is 0.0693. The molecule has 0 saturated carbocycles. The number of sulfonamides is 1. The average Bonchev–Trinajstić information content (AvgIpc) is 2.76. The maximum Gasteiger partial charge on any atom is 0.265 e. The Morgan fingerprint density at radius 2 is 1.71 bits per heavy atom. The van der Waals surface area contributed by atoms with Crippen molar-refractivity contribution in [3.63, 3.8) is 0 Å². The van der Waals surface area contributed by atoms with Crippen molar-refractivity contribution in [2.75, 3.05) is 56.2 Å². The van der Waals surface area contributed by atoms with E-state index in [2.05, 4.69) is 9.62 Å². The van der Waals surface area contributed by atoms with Gasteiger partial charge in [0.1, 0.15) is 22.1 Å². The summed E-state index contributed by atoms with van der Waals surface area (Å²) in [7, 11) is -2.62. The van der Waals surface area contributed by atoms with Gasteiger partial charge in [0.25, 0.3) is 10.0 Å². The second-order valence-electron chi connectivity index (χ2n) is 6.68. The van der Waals surface area contributed by atoms with Crippen LogP contribution in [0.25, 0.3) is 0 Å². The van der Waals surface area contributed by atoms with Gasteiger partial charge in [-0.25, -0.2) is 8.42 Å². The van der Waals surface area contributed by atoms with Crippen LogP contribution >= 0.6 is 11.6 Å². The van der Waals surface area contributed by atoms with Crippen LogP contribution in [0.1, 0.15) is 13.8 Å². The van der Waals surface area contributed by atoms with Gasteiger partial charge in [-0.3, -0.25) is 4.72 Å². The van der Waals surface area contributed by atoms with Gasteiger partial charge in [-0.2, -0.15) is 0 Å². The van der Waals surface area contributed by atoms with Crippen molar-refractivity contribution in [1.29, 1.82) is 0 Å². The first-order valence-corrected chi connectivity index (χ1v) is 11.9. The first-order chi connectivity index (χ1) is 14.9. The summed E-state index contributed by atoms with van der Waals surface area (Å²) in [4.78, 5) is 2.06. The van der Waals surface area contributed by atoms with E-state index in [-0.39, 0.29) is 21.4 Å². The molecule has 0 amide bonds. The number of halogens is 1. The van der Waals surface area contributed by atoms with Crippen molar-refractivity contribution in [1.82, 2.24) is 0 Å². The van der Waals surface area contributed by atoms with Gasteiger partial charge in [0.05, 0.1) is 44.9 Å². The van der Waals surface area contributed by atoms with E-state index < -0.39 is 10.0 Å². The molecule has 0 radical (unpaired) electrons. The Balaban J connectivity index is 2.05. The summed E-state index contributed by atoms with van der Waals surface area (Å²) in [5, 5.41) is 0.281. The van der Waals surface area contributed by atoms with Crippen LogP contribution in [-0.2, 0) is 14.8 Å². The smallest absolute Gasteiger partial charge is 0.265 e. The van der Waals surface area contributed by atoms with Gasteiger partial charge in [0, 0.05) is 30.2 Å². The summed E-state index contributed by atoms with van der Waals surface area (Å²) in [6.07, 6.45) is 0. The number of hydrogen-bond acceptors (Lipinski definition) is 7. The number of nitrogens with one attached hydrogen (secondary N) is 1. The standard InChI is InChI=1S/C21H27ClN2O6S/c1-4-29-19-14-17(24-8-10-28-11-9-24)20(30-5-2)13-16(19)23-31(25,26)21-12-15(22)6-7-18(21)27-3/h6-7,12-14,23H,4-5,8-11H2,1-3H3. The molecule has 1 fully saturated rings. The summed E-state index contributed by atoms with van der Waals surface area (Å²) in [6, 6.07) is 7.86. The quantitative estimate of drug-likeness (QED) is 0.596. The summed E-state index contributed by atoms with van der Waals surface area (Å²) in [5.41, 5.74) is 1.10. The van der Waals surface area contributed by atoms with Crippen LogP contribution in [0.15, 0.2) is 35.2 Å². The second-order valence-corrected chi connectivity index (χ2v) is 8.77. The van der Waals surface area contributed by atoms with Crippen molar-refractivity contribution in [3.05, 3.63) is 35.4 Å². The molecule has 0 atom stereocenters. The molecule has 1 aliphatic rings. The number of ether oxygens (including phenoxy) is 4. The molecule has 1 heterocycles. The van der Waals surface area contributed by atoms with Crippen LogP contribution in [0, 0.1) is 0 Å². The minimum Gasteiger partial charge on any atom is -0.495 e. The highest BCUT2D eigenvalue weighted by Crippen LogP contribution is 2.40. The van der Waals surface area contributed by atoms with E-state index >= 15 is 0 Å². The molecule has 3 rings (SSSR count). The monoisotopic (exact) mass is 470 g/mol. The Bertz CT molecular complexity index is 1010. The molecular formula is C21H27ClN2O6S. The molecule has 0 aliphatic carbocycles. The molecule has 10 heteroatoms. The number of rotatable bonds is 9. The summed E-state index contributed by atoms with van der Waals surface area (Å²) < 4.78 is 51.2. The highest BCUT2D eigenvalue weighted by molar-refractivity contribution is 7.92. The van der Waals surface area contributed by atoms with Crippen LogP contribution in [0.2, 0.25) is 5.02 Å². The maximum absolute atomic E-state index is 13.2. The van der Waals surface area contributed by atoms with Gasteiger partial charge in [0.15, 0.2) is 0 Å². The predicted molar refractivity (Wildman–Crippen MR) is 121 cm³/mol. The van der Waals surface area contributed by atoms with Gasteiger partial charge >= 0.3 is 0 Å². The number of morpholine rings is 1. The van der Waals surface area contributed by atoms with Crippen LogP contribution in [0.4, 0.5) is 11.4 Å². The second kappa shape index (κ2) is 10.3. The Hall–Kier alpha value is -2.36. The zero-order valence-electron chi connectivity index (χ0n) is 17.8. The molecule has 2 aromatic rings. The van der Waals surface area contributed by atoms with Crippen molar-refractivity contribution in [2.45, 2.75) is 18.7 Å². The zero-order chi connectivity index (χ0) is 22.4. The lowest BCUT2D eigenvalue weighted by atomic mass is 10.2. The molecule has 170 valence electrons. The lowest BCUT2D eigenvalue weighted by molar-refractivity contribution is 0.122. The lowest BCUT2D eigenvalue weighted by Gasteiger charge is -2.31. The van der Waals surface area contributed by atoms with Crippen molar-refractivity contribution < 1.29 is 27.4 Å². The molecule has 1 aliphatic heterocycles. The van der Waals surface area contributed by atoms with Crippen LogP contribution in [0.3, 0.4) is 0 Å². The van der Waals surface area contributed by atoms with Crippen molar-refractivity contribution in [2.24, 2.45) is 0 Å². The number of anilines is 2. The maximum atomic E-state index is 13.2. The Morgan fingerprint density at radius 1 is 1.03 bits per heavy atom. The van der Waals surface area contributed by atoms with Gasteiger partial charge in [-0.1, -0.05) is 11.6 Å². The largest absolute Gasteiger partial charge is 0.495 e. The molecule has 1 saturated heterocycles. The molecule has 2 aromatic carbocycles. The lowest BCUT2D eigenvalue weighted by Crippen LogP contribution is -2.36. The van der Waals surface area contributed by atoms with Crippen LogP contribution in [0.5, 0.6) is 17.2 Å². The highest BCUT2D eigenvalue weighted by Gasteiger charge is 2.25. The van der Waals surface area contributed by atoms with Gasteiger partial charge in [-0.15, -0.1) is 0 Å². The highest BCUT2D eigenvalue weighted by atomic mass is 35.5. The molecule has 0 unspecified atom stereocenters. The number of methoxy groups -OCH3 is 1. The molecule has 1 N–H and O–H groups in total. The molecule has 0 bridgehead atoms. The van der Waals surface area contributed by atoms with E-state index in [1.54, 1.807) is 18.2 Å². The third kappa shape index (κ3) is 5.47.